The van der Waals surface area contributed by atoms with Crippen LogP contribution in [0.15, 0.2) is 53.2 Å². The topological polar surface area (TPSA) is 159 Å². The van der Waals surface area contributed by atoms with E-state index in [0.717, 1.165) is 43.1 Å². The minimum absolute atomic E-state index is 0.0765. The summed E-state index contributed by atoms with van der Waals surface area (Å²) in [4.78, 5) is 22.6. The standard InChI is InChI=1S/C28H30N10O/c1-16-4-3-5-17-12-19(35-27(22(16)17)38-10-8-37(2)9-11-38)14-32-26-23(25(30)33-15-34-26)24(29)18-6-7-21-20(13-18)36-28(31)39-21/h3-7,12-13,15,29H,8-11,14H2,1-2H3,(H2,31,36)(H3,30,32,33,34). The average Bonchev–Trinajstić information content (AvgIpc) is 3.31. The lowest BCUT2D eigenvalue weighted by Crippen LogP contribution is -2.45. The predicted molar refractivity (Wildman–Crippen MR) is 154 cm³/mol. The van der Waals surface area contributed by atoms with Crippen molar-refractivity contribution >= 4 is 51.1 Å². The van der Waals surface area contributed by atoms with E-state index in [1.54, 1.807) is 18.2 Å². The van der Waals surface area contributed by atoms with Gasteiger partial charge in [-0.1, -0.05) is 18.2 Å². The van der Waals surface area contributed by atoms with E-state index in [-0.39, 0.29) is 17.5 Å². The Morgan fingerprint density at radius 1 is 1.05 bits per heavy atom. The number of anilines is 4. The lowest BCUT2D eigenvalue weighted by Gasteiger charge is -2.34. The Labute approximate surface area is 225 Å². The minimum Gasteiger partial charge on any atom is -0.424 e. The van der Waals surface area contributed by atoms with Gasteiger partial charge in [-0.15, -0.1) is 0 Å². The number of rotatable bonds is 6. The lowest BCUT2D eigenvalue weighted by atomic mass is 10.0. The van der Waals surface area contributed by atoms with Crippen molar-refractivity contribution in [2.45, 2.75) is 13.5 Å². The summed E-state index contributed by atoms with van der Waals surface area (Å²) in [6, 6.07) is 13.8. The van der Waals surface area contributed by atoms with Crippen LogP contribution >= 0.6 is 0 Å². The van der Waals surface area contributed by atoms with Crippen LogP contribution in [0.2, 0.25) is 0 Å². The van der Waals surface area contributed by atoms with Gasteiger partial charge in [0.15, 0.2) is 5.58 Å². The molecular weight excluding hydrogens is 492 g/mol. The van der Waals surface area contributed by atoms with Crippen molar-refractivity contribution < 1.29 is 4.42 Å². The quantitative estimate of drug-likeness (QED) is 0.243. The van der Waals surface area contributed by atoms with Crippen LogP contribution in [-0.2, 0) is 6.54 Å². The molecule has 11 heteroatoms. The minimum atomic E-state index is 0.0765. The molecule has 0 atom stereocenters. The largest absolute Gasteiger partial charge is 0.424 e. The van der Waals surface area contributed by atoms with Crippen molar-refractivity contribution in [2.75, 3.05) is 54.9 Å². The molecule has 39 heavy (non-hydrogen) atoms. The van der Waals surface area contributed by atoms with Crippen molar-refractivity contribution in [1.29, 1.82) is 5.41 Å². The second-order valence-corrected chi connectivity index (χ2v) is 9.85. The van der Waals surface area contributed by atoms with Gasteiger partial charge in [0, 0.05) is 37.1 Å². The van der Waals surface area contributed by atoms with Crippen LogP contribution in [-0.4, -0.2) is 63.8 Å². The Kier molecular flexibility index (Phi) is 6.20. The molecule has 6 N–H and O–H groups in total. The third-order valence-electron chi connectivity index (χ3n) is 7.16. The van der Waals surface area contributed by atoms with E-state index in [9.17, 15) is 0 Å². The predicted octanol–water partition coefficient (Wildman–Crippen LogP) is 3.42. The first-order valence-electron chi connectivity index (χ1n) is 12.8. The monoisotopic (exact) mass is 522 g/mol. The number of piperazine rings is 1. The number of hydrogen-bond donors (Lipinski definition) is 4. The molecule has 0 aliphatic carbocycles. The summed E-state index contributed by atoms with van der Waals surface area (Å²) in [5.74, 6) is 1.67. The van der Waals surface area contributed by atoms with E-state index in [4.69, 9.17) is 26.3 Å². The van der Waals surface area contributed by atoms with Crippen molar-refractivity contribution in [2.24, 2.45) is 0 Å². The molecule has 0 amide bonds. The van der Waals surface area contributed by atoms with Crippen molar-refractivity contribution in [3.63, 3.8) is 0 Å². The van der Waals surface area contributed by atoms with Gasteiger partial charge in [0.25, 0.3) is 6.01 Å². The van der Waals surface area contributed by atoms with Gasteiger partial charge in [-0.25, -0.2) is 15.0 Å². The zero-order valence-electron chi connectivity index (χ0n) is 21.9. The number of fused-ring (bicyclic) bond motifs is 2. The van der Waals surface area contributed by atoms with Gasteiger partial charge in [-0.2, -0.15) is 4.98 Å². The Hall–Kier alpha value is -4.77. The molecule has 1 fully saturated rings. The van der Waals surface area contributed by atoms with E-state index in [0.29, 0.717) is 34.6 Å². The average molecular weight is 523 g/mol. The summed E-state index contributed by atoms with van der Waals surface area (Å²) in [6.07, 6.45) is 1.39. The number of aryl methyl sites for hydroxylation is 1. The number of nitrogens with zero attached hydrogens (tertiary/aromatic N) is 6. The molecule has 0 unspecified atom stereocenters. The number of benzene rings is 2. The third kappa shape index (κ3) is 4.68. The van der Waals surface area contributed by atoms with Crippen LogP contribution in [0.25, 0.3) is 21.9 Å². The van der Waals surface area contributed by atoms with Gasteiger partial charge < -0.3 is 31.0 Å². The number of nitrogen functional groups attached to an aromatic ring is 2. The number of pyridine rings is 1. The van der Waals surface area contributed by atoms with Crippen LogP contribution in [0.1, 0.15) is 22.4 Å². The highest BCUT2D eigenvalue weighted by Gasteiger charge is 2.21. The molecule has 11 nitrogen and oxygen atoms in total. The molecule has 1 aliphatic rings. The maximum absolute atomic E-state index is 8.92. The summed E-state index contributed by atoms with van der Waals surface area (Å²) in [7, 11) is 2.15. The van der Waals surface area contributed by atoms with E-state index in [2.05, 4.69) is 68.3 Å². The highest BCUT2D eigenvalue weighted by molar-refractivity contribution is 6.17. The summed E-state index contributed by atoms with van der Waals surface area (Å²) in [5.41, 5.74) is 16.3. The molecule has 2 aromatic carbocycles. The molecule has 0 spiro atoms. The number of likely N-dealkylation sites (N-methyl/N-ethyl adjacent to an activating group) is 1. The Bertz CT molecular complexity index is 1700. The van der Waals surface area contributed by atoms with Crippen molar-refractivity contribution in [1.82, 2.24) is 24.8 Å². The maximum Gasteiger partial charge on any atom is 0.292 e. The van der Waals surface area contributed by atoms with Crippen LogP contribution in [0.4, 0.5) is 23.5 Å². The van der Waals surface area contributed by atoms with Gasteiger partial charge in [-0.3, -0.25) is 5.41 Å². The van der Waals surface area contributed by atoms with E-state index in [1.165, 1.54) is 17.3 Å². The van der Waals surface area contributed by atoms with Gasteiger partial charge >= 0.3 is 0 Å². The molecular formula is C28H30N10O. The first-order chi connectivity index (χ1) is 18.9. The van der Waals surface area contributed by atoms with Gasteiger partial charge in [0.05, 0.1) is 23.5 Å². The number of nitrogens with two attached hydrogens (primary N) is 2. The summed E-state index contributed by atoms with van der Waals surface area (Å²) in [5, 5.41) is 14.6. The maximum atomic E-state index is 8.92. The number of oxazole rings is 1. The lowest BCUT2D eigenvalue weighted by molar-refractivity contribution is 0.312. The van der Waals surface area contributed by atoms with E-state index >= 15 is 0 Å². The normalized spacial score (nSPS) is 14.3. The van der Waals surface area contributed by atoms with Crippen molar-refractivity contribution in [3.05, 3.63) is 71.2 Å². The first-order valence-corrected chi connectivity index (χ1v) is 12.8. The smallest absolute Gasteiger partial charge is 0.292 e. The molecule has 6 rings (SSSR count). The van der Waals surface area contributed by atoms with Crippen molar-refractivity contribution in [3.8, 4) is 0 Å². The number of hydrogen-bond acceptors (Lipinski definition) is 11. The van der Waals surface area contributed by atoms with Gasteiger partial charge in [-0.05, 0) is 49.2 Å². The van der Waals surface area contributed by atoms with Gasteiger partial charge in [0.2, 0.25) is 0 Å². The van der Waals surface area contributed by atoms with Crippen LogP contribution in [0.5, 0.6) is 0 Å². The number of aromatic nitrogens is 4. The van der Waals surface area contributed by atoms with Crippen LogP contribution in [0.3, 0.4) is 0 Å². The Morgan fingerprint density at radius 2 is 1.87 bits per heavy atom. The fourth-order valence-electron chi connectivity index (χ4n) is 5.06. The van der Waals surface area contributed by atoms with Crippen LogP contribution in [0, 0.1) is 12.3 Å². The molecule has 1 saturated heterocycles. The zero-order chi connectivity index (χ0) is 27.1. The van der Waals surface area contributed by atoms with Crippen LogP contribution < -0.4 is 21.7 Å². The Morgan fingerprint density at radius 3 is 2.69 bits per heavy atom. The third-order valence-corrected chi connectivity index (χ3v) is 7.16. The molecule has 1 aliphatic heterocycles. The van der Waals surface area contributed by atoms with Gasteiger partial charge in [0.1, 0.15) is 29.3 Å². The Balaban J connectivity index is 1.32. The highest BCUT2D eigenvalue weighted by Crippen LogP contribution is 2.30. The highest BCUT2D eigenvalue weighted by atomic mass is 16.4. The molecule has 0 bridgehead atoms. The first kappa shape index (κ1) is 24.6. The summed E-state index contributed by atoms with van der Waals surface area (Å²) < 4.78 is 5.36. The molecule has 5 aromatic rings. The molecule has 3 aromatic heterocycles. The molecule has 0 saturated carbocycles. The van der Waals surface area contributed by atoms with E-state index in [1.807, 2.05) is 0 Å². The molecule has 4 heterocycles. The number of nitrogens with one attached hydrogen (secondary N) is 2. The SMILES string of the molecule is Cc1cccc2cc(CNc3ncnc(N)c3C(=N)c3ccc4oc(N)nc4c3)nc(N3CCN(C)CC3)c12. The fourth-order valence-corrected chi connectivity index (χ4v) is 5.06. The fraction of sp³-hybridized carbons (Fsp3) is 0.250. The second kappa shape index (κ2) is 9.84. The van der Waals surface area contributed by atoms with E-state index < -0.39 is 0 Å². The molecule has 198 valence electrons. The summed E-state index contributed by atoms with van der Waals surface area (Å²) in [6.45, 7) is 6.38. The molecule has 0 radical (unpaired) electrons. The summed E-state index contributed by atoms with van der Waals surface area (Å²) >= 11 is 0. The second-order valence-electron chi connectivity index (χ2n) is 9.85. The zero-order valence-corrected chi connectivity index (χ0v) is 21.9.